The van der Waals surface area contributed by atoms with Gasteiger partial charge in [0.2, 0.25) is 5.75 Å². The van der Waals surface area contributed by atoms with Crippen molar-refractivity contribution in [1.82, 2.24) is 0 Å². The third-order valence-corrected chi connectivity index (χ3v) is 3.82. The number of carbonyl (C=O) groups excluding carboxylic acids is 3. The number of aldehydes is 1. The summed E-state index contributed by atoms with van der Waals surface area (Å²) in [5.74, 6) is -1.42. The minimum atomic E-state index is -0.664. The van der Waals surface area contributed by atoms with Crippen molar-refractivity contribution < 1.29 is 28.6 Å². The van der Waals surface area contributed by atoms with E-state index in [9.17, 15) is 14.4 Å². The number of carbonyl (C=O) groups is 3. The van der Waals surface area contributed by atoms with Gasteiger partial charge in [-0.05, 0) is 36.4 Å². The molecule has 0 aliphatic carbocycles. The highest BCUT2D eigenvalue weighted by molar-refractivity contribution is 5.94. The molecule has 0 heterocycles. The smallest absolute Gasteiger partial charge is 0.343 e. The molecule has 0 saturated carbocycles. The Kier molecular flexibility index (Phi) is 5.81. The quantitative estimate of drug-likeness (QED) is 0.368. The maximum Gasteiger partial charge on any atom is 0.343 e. The Morgan fingerprint density at radius 3 is 1.75 bits per heavy atom. The molecule has 0 saturated heterocycles. The standard InChI is InChI=1S/C22H16O6/c1-26-18-12-15(14-23)13-19(27-21(24)16-8-4-2-5-9-16)20(18)28-22(25)17-10-6-3-7-11-17/h2-14H,1H3. The van der Waals surface area contributed by atoms with Gasteiger partial charge in [-0.1, -0.05) is 36.4 Å². The third-order valence-electron chi connectivity index (χ3n) is 3.82. The van der Waals surface area contributed by atoms with Crippen LogP contribution in [0.1, 0.15) is 31.1 Å². The predicted molar refractivity (Wildman–Crippen MR) is 101 cm³/mol. The molecular formula is C22H16O6. The molecule has 0 N–H and O–H groups in total. The van der Waals surface area contributed by atoms with Gasteiger partial charge in [-0.3, -0.25) is 4.79 Å². The zero-order valence-electron chi connectivity index (χ0n) is 15.0. The van der Waals surface area contributed by atoms with Gasteiger partial charge < -0.3 is 14.2 Å². The van der Waals surface area contributed by atoms with Crippen molar-refractivity contribution in [3.05, 3.63) is 89.5 Å². The van der Waals surface area contributed by atoms with Crippen LogP contribution in [0.5, 0.6) is 17.2 Å². The molecule has 6 heteroatoms. The number of ether oxygens (including phenoxy) is 3. The Morgan fingerprint density at radius 1 is 0.750 bits per heavy atom. The van der Waals surface area contributed by atoms with Crippen LogP contribution >= 0.6 is 0 Å². The fourth-order valence-corrected chi connectivity index (χ4v) is 2.45. The summed E-state index contributed by atoms with van der Waals surface area (Å²) in [6.07, 6.45) is 0.575. The molecule has 0 aromatic heterocycles. The van der Waals surface area contributed by atoms with Gasteiger partial charge in [-0.25, -0.2) is 9.59 Å². The molecule has 3 aromatic carbocycles. The van der Waals surface area contributed by atoms with E-state index in [2.05, 4.69) is 0 Å². The third kappa shape index (κ3) is 4.24. The van der Waals surface area contributed by atoms with E-state index < -0.39 is 11.9 Å². The van der Waals surface area contributed by atoms with Gasteiger partial charge in [-0.2, -0.15) is 0 Å². The van der Waals surface area contributed by atoms with Crippen molar-refractivity contribution in [2.75, 3.05) is 7.11 Å². The van der Waals surface area contributed by atoms with E-state index >= 15 is 0 Å². The highest BCUT2D eigenvalue weighted by Gasteiger charge is 2.21. The van der Waals surface area contributed by atoms with Crippen molar-refractivity contribution in [3.8, 4) is 17.2 Å². The lowest BCUT2D eigenvalue weighted by Crippen LogP contribution is -2.13. The fourth-order valence-electron chi connectivity index (χ4n) is 2.45. The molecule has 3 aromatic rings. The van der Waals surface area contributed by atoms with E-state index in [-0.39, 0.29) is 22.8 Å². The predicted octanol–water partition coefficient (Wildman–Crippen LogP) is 3.95. The highest BCUT2D eigenvalue weighted by atomic mass is 16.6. The van der Waals surface area contributed by atoms with Gasteiger partial charge in [-0.15, -0.1) is 0 Å². The van der Waals surface area contributed by atoms with Crippen molar-refractivity contribution >= 4 is 18.2 Å². The molecule has 0 aliphatic rings. The Morgan fingerprint density at radius 2 is 1.25 bits per heavy atom. The van der Waals surface area contributed by atoms with E-state index in [0.717, 1.165) is 0 Å². The average Bonchev–Trinajstić information content (AvgIpc) is 2.75. The van der Waals surface area contributed by atoms with Crippen LogP contribution in [-0.2, 0) is 0 Å². The monoisotopic (exact) mass is 376 g/mol. The molecule has 3 rings (SSSR count). The van der Waals surface area contributed by atoms with Crippen molar-refractivity contribution in [2.24, 2.45) is 0 Å². The maximum absolute atomic E-state index is 12.5. The molecule has 0 aliphatic heterocycles. The summed E-state index contributed by atoms with van der Waals surface area (Å²) in [6, 6.07) is 19.3. The Labute approximate surface area is 161 Å². The van der Waals surface area contributed by atoms with Crippen LogP contribution in [0.15, 0.2) is 72.8 Å². The molecule has 0 spiro atoms. The second-order valence-corrected chi connectivity index (χ2v) is 5.68. The first-order valence-electron chi connectivity index (χ1n) is 8.34. The topological polar surface area (TPSA) is 78.9 Å². The highest BCUT2D eigenvalue weighted by Crippen LogP contribution is 2.39. The van der Waals surface area contributed by atoms with Gasteiger partial charge in [0.25, 0.3) is 0 Å². The zero-order valence-corrected chi connectivity index (χ0v) is 15.0. The van der Waals surface area contributed by atoms with Crippen LogP contribution in [-0.4, -0.2) is 25.3 Å². The number of hydrogen-bond acceptors (Lipinski definition) is 6. The lowest BCUT2D eigenvalue weighted by Gasteiger charge is -2.14. The van der Waals surface area contributed by atoms with E-state index in [0.29, 0.717) is 17.4 Å². The molecule has 0 unspecified atom stereocenters. The molecule has 0 bridgehead atoms. The van der Waals surface area contributed by atoms with E-state index in [4.69, 9.17) is 14.2 Å². The van der Waals surface area contributed by atoms with Crippen LogP contribution in [0.3, 0.4) is 0 Å². The minimum Gasteiger partial charge on any atom is -0.493 e. The van der Waals surface area contributed by atoms with E-state index in [1.54, 1.807) is 60.7 Å². The lowest BCUT2D eigenvalue weighted by molar-refractivity contribution is 0.0678. The molecule has 0 fully saturated rings. The van der Waals surface area contributed by atoms with Crippen LogP contribution < -0.4 is 14.2 Å². The lowest BCUT2D eigenvalue weighted by atomic mass is 10.2. The van der Waals surface area contributed by atoms with E-state index in [1.807, 2.05) is 0 Å². The summed E-state index contributed by atoms with van der Waals surface area (Å²) >= 11 is 0. The van der Waals surface area contributed by atoms with Gasteiger partial charge in [0.15, 0.2) is 11.5 Å². The van der Waals surface area contributed by atoms with Gasteiger partial charge in [0, 0.05) is 5.56 Å². The zero-order chi connectivity index (χ0) is 19.9. The second-order valence-electron chi connectivity index (χ2n) is 5.68. The van der Waals surface area contributed by atoms with Gasteiger partial charge in [0.1, 0.15) is 6.29 Å². The number of benzene rings is 3. The summed E-state index contributed by atoms with van der Waals surface area (Å²) in [6.45, 7) is 0. The van der Waals surface area contributed by atoms with Crippen molar-refractivity contribution in [1.29, 1.82) is 0 Å². The summed E-state index contributed by atoms with van der Waals surface area (Å²) in [5.41, 5.74) is 0.815. The van der Waals surface area contributed by atoms with Crippen LogP contribution in [0.2, 0.25) is 0 Å². The van der Waals surface area contributed by atoms with Crippen LogP contribution in [0.25, 0.3) is 0 Å². The summed E-state index contributed by atoms with van der Waals surface area (Å²) in [7, 11) is 1.35. The largest absolute Gasteiger partial charge is 0.493 e. The fraction of sp³-hybridized carbons (Fsp3) is 0.0455. The number of rotatable bonds is 6. The van der Waals surface area contributed by atoms with Gasteiger partial charge >= 0.3 is 11.9 Å². The molecular weight excluding hydrogens is 360 g/mol. The SMILES string of the molecule is COc1cc(C=O)cc(OC(=O)c2ccccc2)c1OC(=O)c1ccccc1. The van der Waals surface area contributed by atoms with Crippen LogP contribution in [0, 0.1) is 0 Å². The normalized spacial score (nSPS) is 10.0. The first-order valence-corrected chi connectivity index (χ1v) is 8.34. The maximum atomic E-state index is 12.5. The van der Waals surface area contributed by atoms with Crippen LogP contribution in [0.4, 0.5) is 0 Å². The molecule has 0 radical (unpaired) electrons. The first kappa shape index (κ1) is 18.8. The summed E-state index contributed by atoms with van der Waals surface area (Å²) < 4.78 is 16.1. The molecule has 6 nitrogen and oxygen atoms in total. The Bertz CT molecular complexity index is 996. The number of hydrogen-bond donors (Lipinski definition) is 0. The molecule has 140 valence electrons. The Hall–Kier alpha value is -3.93. The summed E-state index contributed by atoms with van der Waals surface area (Å²) in [4.78, 5) is 36.1. The average molecular weight is 376 g/mol. The van der Waals surface area contributed by atoms with Gasteiger partial charge in [0.05, 0.1) is 18.2 Å². The van der Waals surface area contributed by atoms with E-state index in [1.165, 1.54) is 19.2 Å². The van der Waals surface area contributed by atoms with Crippen molar-refractivity contribution in [3.63, 3.8) is 0 Å². The minimum absolute atomic E-state index is 0.0877. The summed E-state index contributed by atoms with van der Waals surface area (Å²) in [5, 5.41) is 0. The molecule has 28 heavy (non-hydrogen) atoms. The molecule has 0 amide bonds. The number of esters is 2. The Balaban J connectivity index is 1.98. The second kappa shape index (κ2) is 8.64. The first-order chi connectivity index (χ1) is 13.6. The molecule has 0 atom stereocenters. The van der Waals surface area contributed by atoms with Crippen molar-refractivity contribution in [2.45, 2.75) is 0 Å². The number of methoxy groups -OCH3 is 1.